The molecule has 1 amide bonds. The SMILES string of the molecule is O=C(Nc1cc(F)c(F)cc1F)c1cccc(F)c1F. The van der Waals surface area contributed by atoms with Crippen molar-refractivity contribution < 1.29 is 26.7 Å². The third kappa shape index (κ3) is 2.61. The number of amides is 1. The predicted molar refractivity (Wildman–Crippen MR) is 60.6 cm³/mol. The van der Waals surface area contributed by atoms with Crippen LogP contribution in [0.25, 0.3) is 0 Å². The zero-order valence-corrected chi connectivity index (χ0v) is 9.68. The molecule has 2 rings (SSSR count). The Hall–Kier alpha value is -2.44. The first-order valence-corrected chi connectivity index (χ1v) is 5.30. The predicted octanol–water partition coefficient (Wildman–Crippen LogP) is 3.63. The molecule has 104 valence electrons. The maximum Gasteiger partial charge on any atom is 0.258 e. The van der Waals surface area contributed by atoms with E-state index < -0.39 is 46.2 Å². The first-order chi connectivity index (χ1) is 9.40. The molecule has 0 fully saturated rings. The van der Waals surface area contributed by atoms with Gasteiger partial charge in [-0.3, -0.25) is 4.79 Å². The van der Waals surface area contributed by atoms with Crippen LogP contribution in [0.15, 0.2) is 30.3 Å². The molecule has 0 atom stereocenters. The van der Waals surface area contributed by atoms with Crippen LogP contribution in [0.3, 0.4) is 0 Å². The molecule has 2 nitrogen and oxygen atoms in total. The number of hydrogen-bond donors (Lipinski definition) is 1. The molecule has 1 N–H and O–H groups in total. The summed E-state index contributed by atoms with van der Waals surface area (Å²) in [6.45, 7) is 0. The zero-order valence-electron chi connectivity index (χ0n) is 9.68. The summed E-state index contributed by atoms with van der Waals surface area (Å²) in [6, 6.07) is 3.47. The number of rotatable bonds is 2. The number of hydrogen-bond acceptors (Lipinski definition) is 1. The maximum absolute atomic E-state index is 13.3. The summed E-state index contributed by atoms with van der Waals surface area (Å²) in [6.07, 6.45) is 0. The van der Waals surface area contributed by atoms with Gasteiger partial charge in [0.25, 0.3) is 5.91 Å². The summed E-state index contributed by atoms with van der Waals surface area (Å²) in [4.78, 5) is 11.6. The zero-order chi connectivity index (χ0) is 14.9. The van der Waals surface area contributed by atoms with Crippen molar-refractivity contribution in [2.45, 2.75) is 0 Å². The topological polar surface area (TPSA) is 29.1 Å². The van der Waals surface area contributed by atoms with Gasteiger partial charge in [0.1, 0.15) is 5.82 Å². The van der Waals surface area contributed by atoms with E-state index in [4.69, 9.17) is 0 Å². The highest BCUT2D eigenvalue weighted by atomic mass is 19.2. The Labute approximate surface area is 109 Å². The van der Waals surface area contributed by atoms with Crippen molar-refractivity contribution in [2.75, 3.05) is 5.32 Å². The Bertz CT molecular complexity index is 687. The fourth-order valence-electron chi connectivity index (χ4n) is 1.49. The van der Waals surface area contributed by atoms with Gasteiger partial charge in [-0.1, -0.05) is 6.07 Å². The van der Waals surface area contributed by atoms with Crippen molar-refractivity contribution in [3.05, 3.63) is 65.0 Å². The summed E-state index contributed by atoms with van der Waals surface area (Å²) in [5.41, 5.74) is -1.37. The van der Waals surface area contributed by atoms with Crippen LogP contribution in [0, 0.1) is 29.1 Å². The van der Waals surface area contributed by atoms with E-state index >= 15 is 0 Å². The van der Waals surface area contributed by atoms with E-state index in [1.165, 1.54) is 0 Å². The minimum Gasteiger partial charge on any atom is -0.319 e. The number of benzene rings is 2. The molecule has 20 heavy (non-hydrogen) atoms. The lowest BCUT2D eigenvalue weighted by atomic mass is 10.2. The molecule has 0 saturated heterocycles. The Morgan fingerprint density at radius 3 is 2.20 bits per heavy atom. The van der Waals surface area contributed by atoms with E-state index in [1.807, 2.05) is 5.32 Å². The monoisotopic (exact) mass is 287 g/mol. The van der Waals surface area contributed by atoms with E-state index in [0.29, 0.717) is 6.07 Å². The normalized spacial score (nSPS) is 10.4. The van der Waals surface area contributed by atoms with Gasteiger partial charge in [-0.05, 0) is 12.1 Å². The Morgan fingerprint density at radius 2 is 1.50 bits per heavy atom. The molecule has 7 heteroatoms. The molecular formula is C13H6F5NO. The smallest absolute Gasteiger partial charge is 0.258 e. The van der Waals surface area contributed by atoms with E-state index in [2.05, 4.69) is 0 Å². The lowest BCUT2D eigenvalue weighted by Gasteiger charge is -2.08. The van der Waals surface area contributed by atoms with Gasteiger partial charge in [0.05, 0.1) is 11.3 Å². The van der Waals surface area contributed by atoms with Gasteiger partial charge in [-0.2, -0.15) is 0 Å². The highest BCUT2D eigenvalue weighted by Crippen LogP contribution is 2.20. The van der Waals surface area contributed by atoms with Crippen molar-refractivity contribution in [2.24, 2.45) is 0 Å². The molecule has 0 aliphatic carbocycles. The van der Waals surface area contributed by atoms with Gasteiger partial charge in [0.15, 0.2) is 23.3 Å². The fourth-order valence-corrected chi connectivity index (χ4v) is 1.49. The first-order valence-electron chi connectivity index (χ1n) is 5.30. The van der Waals surface area contributed by atoms with Crippen LogP contribution in [-0.4, -0.2) is 5.91 Å². The van der Waals surface area contributed by atoms with E-state index in [-0.39, 0.29) is 6.07 Å². The summed E-state index contributed by atoms with van der Waals surface area (Å²) in [5.74, 6) is -7.93. The molecule has 2 aromatic carbocycles. The molecule has 2 aromatic rings. The minimum atomic E-state index is -1.43. The summed E-state index contributed by atoms with van der Waals surface area (Å²) in [7, 11) is 0. The van der Waals surface area contributed by atoms with Crippen LogP contribution < -0.4 is 5.32 Å². The molecule has 0 aliphatic heterocycles. The number of halogens is 5. The third-order valence-electron chi connectivity index (χ3n) is 2.45. The largest absolute Gasteiger partial charge is 0.319 e. The van der Waals surface area contributed by atoms with Crippen molar-refractivity contribution in [1.29, 1.82) is 0 Å². The lowest BCUT2D eigenvalue weighted by Crippen LogP contribution is -2.15. The average Bonchev–Trinajstić information content (AvgIpc) is 2.39. The second kappa shape index (κ2) is 5.28. The molecule has 0 unspecified atom stereocenters. The highest BCUT2D eigenvalue weighted by Gasteiger charge is 2.17. The molecule has 0 radical (unpaired) electrons. The second-order valence-corrected chi connectivity index (χ2v) is 3.80. The average molecular weight is 287 g/mol. The molecule has 0 aromatic heterocycles. The molecule has 0 bridgehead atoms. The lowest BCUT2D eigenvalue weighted by molar-refractivity contribution is 0.102. The van der Waals surface area contributed by atoms with Gasteiger partial charge >= 0.3 is 0 Å². The van der Waals surface area contributed by atoms with Crippen molar-refractivity contribution in [3.8, 4) is 0 Å². The standard InChI is InChI=1S/C13H6F5NO/c14-7-3-1-2-6(12(7)18)13(20)19-11-5-9(16)8(15)4-10(11)17/h1-5H,(H,19,20). The van der Waals surface area contributed by atoms with Gasteiger partial charge in [0.2, 0.25) is 0 Å². The van der Waals surface area contributed by atoms with Crippen LogP contribution >= 0.6 is 0 Å². The Morgan fingerprint density at radius 1 is 0.850 bits per heavy atom. The summed E-state index contributed by atoms with van der Waals surface area (Å²) in [5, 5.41) is 1.84. The van der Waals surface area contributed by atoms with Gasteiger partial charge < -0.3 is 5.32 Å². The van der Waals surface area contributed by atoms with Crippen LogP contribution in [0.5, 0.6) is 0 Å². The Kier molecular flexibility index (Phi) is 3.69. The molecular weight excluding hydrogens is 281 g/mol. The first kappa shape index (κ1) is 14.0. The highest BCUT2D eigenvalue weighted by molar-refractivity contribution is 6.04. The van der Waals surface area contributed by atoms with Gasteiger partial charge in [-0.15, -0.1) is 0 Å². The van der Waals surface area contributed by atoms with Crippen LogP contribution in [0.1, 0.15) is 10.4 Å². The second-order valence-electron chi connectivity index (χ2n) is 3.80. The van der Waals surface area contributed by atoms with Crippen LogP contribution in [0.2, 0.25) is 0 Å². The third-order valence-corrected chi connectivity index (χ3v) is 2.45. The number of anilines is 1. The quantitative estimate of drug-likeness (QED) is 0.663. The molecule has 0 spiro atoms. The molecule has 0 heterocycles. The van der Waals surface area contributed by atoms with Crippen LogP contribution in [0.4, 0.5) is 27.6 Å². The number of carbonyl (C=O) groups is 1. The van der Waals surface area contributed by atoms with Crippen molar-refractivity contribution >= 4 is 11.6 Å². The fraction of sp³-hybridized carbons (Fsp3) is 0. The van der Waals surface area contributed by atoms with Crippen molar-refractivity contribution in [3.63, 3.8) is 0 Å². The van der Waals surface area contributed by atoms with E-state index in [0.717, 1.165) is 18.2 Å². The van der Waals surface area contributed by atoms with Crippen LogP contribution in [-0.2, 0) is 0 Å². The van der Waals surface area contributed by atoms with Gasteiger partial charge in [0, 0.05) is 12.1 Å². The summed E-state index contributed by atoms with van der Waals surface area (Å²) >= 11 is 0. The van der Waals surface area contributed by atoms with E-state index in [9.17, 15) is 26.7 Å². The molecule has 0 aliphatic rings. The summed E-state index contributed by atoms with van der Waals surface area (Å²) < 4.78 is 65.2. The number of nitrogens with one attached hydrogen (secondary N) is 1. The van der Waals surface area contributed by atoms with Gasteiger partial charge in [-0.25, -0.2) is 22.0 Å². The van der Waals surface area contributed by atoms with E-state index in [1.54, 1.807) is 0 Å². The number of carbonyl (C=O) groups excluding carboxylic acids is 1. The maximum atomic E-state index is 13.3. The molecule has 0 saturated carbocycles. The van der Waals surface area contributed by atoms with Crippen molar-refractivity contribution in [1.82, 2.24) is 0 Å². The Balaban J connectivity index is 2.33. The minimum absolute atomic E-state index is 0.229.